The van der Waals surface area contributed by atoms with E-state index in [9.17, 15) is 0 Å². The Morgan fingerprint density at radius 1 is 0.944 bits per heavy atom. The Labute approximate surface area is 114 Å². The fourth-order valence-corrected chi connectivity index (χ4v) is 4.42. The number of hydrogen-bond acceptors (Lipinski definition) is 2. The van der Waals surface area contributed by atoms with E-state index in [0.29, 0.717) is 0 Å². The van der Waals surface area contributed by atoms with E-state index in [-0.39, 0.29) is 0 Å². The first kappa shape index (κ1) is 12.3. The van der Waals surface area contributed by atoms with Crippen LogP contribution in [0.4, 0.5) is 0 Å². The summed E-state index contributed by atoms with van der Waals surface area (Å²) in [5, 5.41) is 2.09. The van der Waals surface area contributed by atoms with Crippen LogP contribution in [0.5, 0.6) is 0 Å². The summed E-state index contributed by atoms with van der Waals surface area (Å²) < 4.78 is 0. The van der Waals surface area contributed by atoms with Crippen LogP contribution in [0.1, 0.15) is 44.1 Å². The molecule has 1 fully saturated rings. The number of aliphatic imine (C=N–C) groups is 1. The Morgan fingerprint density at radius 3 is 2.56 bits per heavy atom. The molecule has 2 heteroatoms. The molecule has 0 N–H and O–H groups in total. The van der Waals surface area contributed by atoms with Crippen LogP contribution in [0.2, 0.25) is 0 Å². The fraction of sp³-hybridized carbons (Fsp3) is 0.562. The van der Waals surface area contributed by atoms with Gasteiger partial charge in [0.1, 0.15) is 0 Å². The molecule has 18 heavy (non-hydrogen) atoms. The van der Waals surface area contributed by atoms with Crippen LogP contribution < -0.4 is 0 Å². The van der Waals surface area contributed by atoms with E-state index in [4.69, 9.17) is 4.99 Å². The van der Waals surface area contributed by atoms with Crippen molar-refractivity contribution in [2.45, 2.75) is 43.8 Å². The molecule has 2 atom stereocenters. The Hall–Kier alpha value is -0.760. The molecule has 0 saturated heterocycles. The number of thioether (sulfide) groups is 1. The minimum Gasteiger partial charge on any atom is -0.277 e. The quantitative estimate of drug-likeness (QED) is 0.722. The number of hydrogen-bond donors (Lipinski definition) is 0. The second kappa shape index (κ2) is 5.92. The van der Waals surface area contributed by atoms with Gasteiger partial charge in [-0.3, -0.25) is 4.99 Å². The molecule has 1 nitrogen and oxygen atoms in total. The van der Waals surface area contributed by atoms with E-state index < -0.39 is 0 Å². The lowest BCUT2D eigenvalue weighted by Gasteiger charge is -2.31. The minimum absolute atomic E-state index is 0.818. The highest BCUT2D eigenvalue weighted by Crippen LogP contribution is 2.37. The topological polar surface area (TPSA) is 12.4 Å². The second-order valence-electron chi connectivity index (χ2n) is 5.42. The molecule has 1 aliphatic carbocycles. The summed E-state index contributed by atoms with van der Waals surface area (Å²) in [6.07, 6.45) is 8.48. The van der Waals surface area contributed by atoms with E-state index in [2.05, 4.69) is 30.3 Å². The van der Waals surface area contributed by atoms with Gasteiger partial charge in [-0.2, -0.15) is 0 Å². The lowest BCUT2D eigenvalue weighted by molar-refractivity contribution is 0.395. The lowest BCUT2D eigenvalue weighted by Crippen LogP contribution is -2.27. The molecule has 0 unspecified atom stereocenters. The Balaban J connectivity index is 1.75. The molecule has 0 spiro atoms. The molecular weight excluding hydrogens is 238 g/mol. The number of rotatable bonds is 1. The van der Waals surface area contributed by atoms with Crippen molar-refractivity contribution in [3.05, 3.63) is 35.9 Å². The van der Waals surface area contributed by atoms with Crippen molar-refractivity contribution in [2.24, 2.45) is 10.9 Å². The first-order valence-electron chi connectivity index (χ1n) is 7.20. The molecule has 0 amide bonds. The van der Waals surface area contributed by atoms with Crippen LogP contribution in [0.25, 0.3) is 0 Å². The Kier molecular flexibility index (Phi) is 4.04. The SMILES string of the molecule is c1ccc(C2=NC[C@@H]3CCCCCC[C@@H]3S2)cc1. The van der Waals surface area contributed by atoms with Crippen LogP contribution in [-0.4, -0.2) is 16.8 Å². The van der Waals surface area contributed by atoms with Gasteiger partial charge < -0.3 is 0 Å². The first-order valence-corrected chi connectivity index (χ1v) is 8.08. The molecule has 1 saturated carbocycles. The maximum Gasteiger partial charge on any atom is 0.0979 e. The molecule has 1 aromatic carbocycles. The maximum absolute atomic E-state index is 4.84. The zero-order valence-electron chi connectivity index (χ0n) is 10.8. The van der Waals surface area contributed by atoms with Crippen molar-refractivity contribution in [3.8, 4) is 0 Å². The Bertz CT molecular complexity index is 412. The highest BCUT2D eigenvalue weighted by Gasteiger charge is 2.28. The van der Waals surface area contributed by atoms with Gasteiger partial charge in [0.2, 0.25) is 0 Å². The molecular formula is C16H21NS. The minimum atomic E-state index is 0.818. The van der Waals surface area contributed by atoms with Crippen molar-refractivity contribution in [1.29, 1.82) is 0 Å². The highest BCUT2D eigenvalue weighted by molar-refractivity contribution is 8.15. The standard InChI is InChI=1S/C16H21NS/c1-2-7-11-15-14(10-4-1)12-17-16(18-15)13-8-5-3-6-9-13/h3,5-6,8-9,14-15H,1-2,4,7,10-12H2/t14-,15-/m0/s1. The van der Waals surface area contributed by atoms with E-state index in [1.165, 1.54) is 49.1 Å². The van der Waals surface area contributed by atoms with Crippen molar-refractivity contribution >= 4 is 16.8 Å². The zero-order valence-corrected chi connectivity index (χ0v) is 11.7. The smallest absolute Gasteiger partial charge is 0.0979 e. The molecule has 96 valence electrons. The molecule has 1 aliphatic heterocycles. The van der Waals surface area contributed by atoms with Crippen LogP contribution >= 0.6 is 11.8 Å². The first-order chi connectivity index (χ1) is 8.93. The van der Waals surface area contributed by atoms with Gasteiger partial charge in [0.15, 0.2) is 0 Å². The third-order valence-corrected chi connectivity index (χ3v) is 5.60. The molecule has 2 aliphatic rings. The largest absolute Gasteiger partial charge is 0.277 e. The summed E-state index contributed by atoms with van der Waals surface area (Å²) in [6, 6.07) is 10.7. The van der Waals surface area contributed by atoms with Gasteiger partial charge in [0.25, 0.3) is 0 Å². The summed E-state index contributed by atoms with van der Waals surface area (Å²) in [5.74, 6) is 0.836. The van der Waals surface area contributed by atoms with E-state index in [1.54, 1.807) is 0 Å². The summed E-state index contributed by atoms with van der Waals surface area (Å²) in [5.41, 5.74) is 1.31. The van der Waals surface area contributed by atoms with E-state index in [1.807, 2.05) is 11.8 Å². The van der Waals surface area contributed by atoms with Gasteiger partial charge in [0.05, 0.1) is 5.04 Å². The molecule has 1 aromatic rings. The van der Waals surface area contributed by atoms with Crippen molar-refractivity contribution in [1.82, 2.24) is 0 Å². The molecule has 1 heterocycles. The summed E-state index contributed by atoms with van der Waals surface area (Å²) >= 11 is 2.04. The zero-order chi connectivity index (χ0) is 12.2. The van der Waals surface area contributed by atoms with Gasteiger partial charge in [-0.15, -0.1) is 11.8 Å². The molecule has 3 rings (SSSR count). The maximum atomic E-state index is 4.84. The third-order valence-electron chi connectivity index (χ3n) is 4.09. The normalized spacial score (nSPS) is 28.8. The van der Waals surface area contributed by atoms with E-state index >= 15 is 0 Å². The average molecular weight is 259 g/mol. The summed E-state index contributed by atoms with van der Waals surface area (Å²) in [6.45, 7) is 1.06. The highest BCUT2D eigenvalue weighted by atomic mass is 32.2. The Morgan fingerprint density at radius 2 is 1.72 bits per heavy atom. The van der Waals surface area contributed by atoms with Gasteiger partial charge in [-0.1, -0.05) is 56.0 Å². The molecule has 0 radical (unpaired) electrons. The lowest BCUT2D eigenvalue weighted by atomic mass is 9.90. The molecule has 0 bridgehead atoms. The van der Waals surface area contributed by atoms with Crippen LogP contribution in [0.15, 0.2) is 35.3 Å². The van der Waals surface area contributed by atoms with Crippen LogP contribution in [-0.2, 0) is 0 Å². The number of benzene rings is 1. The van der Waals surface area contributed by atoms with Gasteiger partial charge in [0, 0.05) is 17.4 Å². The predicted molar refractivity (Wildman–Crippen MR) is 80.4 cm³/mol. The van der Waals surface area contributed by atoms with Crippen LogP contribution in [0.3, 0.4) is 0 Å². The predicted octanol–water partition coefficient (Wildman–Crippen LogP) is 4.52. The average Bonchev–Trinajstić information content (AvgIpc) is 2.40. The third kappa shape index (κ3) is 2.80. The van der Waals surface area contributed by atoms with Gasteiger partial charge >= 0.3 is 0 Å². The number of fused-ring (bicyclic) bond motifs is 1. The van der Waals surface area contributed by atoms with Crippen molar-refractivity contribution in [2.75, 3.05) is 6.54 Å². The fourth-order valence-electron chi connectivity index (χ4n) is 3.01. The van der Waals surface area contributed by atoms with Crippen molar-refractivity contribution in [3.63, 3.8) is 0 Å². The summed E-state index contributed by atoms with van der Waals surface area (Å²) in [7, 11) is 0. The summed E-state index contributed by atoms with van der Waals surface area (Å²) in [4.78, 5) is 4.84. The number of nitrogens with zero attached hydrogens (tertiary/aromatic N) is 1. The van der Waals surface area contributed by atoms with Gasteiger partial charge in [-0.05, 0) is 18.8 Å². The van der Waals surface area contributed by atoms with E-state index in [0.717, 1.165) is 17.7 Å². The van der Waals surface area contributed by atoms with Crippen LogP contribution in [0, 0.1) is 5.92 Å². The monoisotopic (exact) mass is 259 g/mol. The van der Waals surface area contributed by atoms with Crippen molar-refractivity contribution < 1.29 is 0 Å². The van der Waals surface area contributed by atoms with Gasteiger partial charge in [-0.25, -0.2) is 0 Å². The molecule has 0 aromatic heterocycles. The second-order valence-corrected chi connectivity index (χ2v) is 6.65.